The highest BCUT2D eigenvalue weighted by Gasteiger charge is 2.54. The van der Waals surface area contributed by atoms with Crippen LogP contribution in [0, 0.1) is 0 Å². The van der Waals surface area contributed by atoms with Gasteiger partial charge in [-0.1, -0.05) is 60.7 Å². The van der Waals surface area contributed by atoms with Gasteiger partial charge in [0.25, 0.3) is 0 Å². The lowest BCUT2D eigenvalue weighted by Gasteiger charge is -2.36. The molecule has 2 nitrogen and oxygen atoms in total. The summed E-state index contributed by atoms with van der Waals surface area (Å²) in [5, 5.41) is 0. The molecule has 0 saturated carbocycles. The minimum absolute atomic E-state index is 0.136. The summed E-state index contributed by atoms with van der Waals surface area (Å²) < 4.78 is 5.58. The number of rotatable bonds is 2. The van der Waals surface area contributed by atoms with E-state index in [1.165, 1.54) is 16.7 Å². The topological polar surface area (TPSA) is 26.3 Å². The predicted octanol–water partition coefficient (Wildman–Crippen LogP) is 5.84. The number of benzene rings is 3. The zero-order valence-electron chi connectivity index (χ0n) is 16.9. The first kappa shape index (κ1) is 17.5. The smallest absolute Gasteiger partial charge is 0.175 e. The average Bonchev–Trinajstić information content (AvgIpc) is 3.10. The summed E-state index contributed by atoms with van der Waals surface area (Å²) in [5.41, 5.74) is 8.75. The zero-order valence-corrected chi connectivity index (χ0v) is 16.9. The molecule has 0 heterocycles. The molecule has 6 rings (SSSR count). The molecule has 0 aromatic heterocycles. The molecule has 146 valence electrons. The molecule has 0 fully saturated rings. The van der Waals surface area contributed by atoms with E-state index in [-0.39, 0.29) is 5.78 Å². The molecule has 1 atom stereocenters. The van der Waals surface area contributed by atoms with Crippen molar-refractivity contribution in [3.05, 3.63) is 106 Å². The highest BCUT2D eigenvalue weighted by Crippen LogP contribution is 2.60. The van der Waals surface area contributed by atoms with Crippen molar-refractivity contribution in [3.63, 3.8) is 0 Å². The largest absolute Gasteiger partial charge is 0.497 e. The second kappa shape index (κ2) is 6.30. The van der Waals surface area contributed by atoms with Crippen LogP contribution in [0.2, 0.25) is 0 Å². The van der Waals surface area contributed by atoms with Crippen molar-refractivity contribution in [1.29, 1.82) is 0 Å². The summed E-state index contributed by atoms with van der Waals surface area (Å²) in [6, 6.07) is 23.1. The normalized spacial score (nSPS) is 21.0. The maximum Gasteiger partial charge on any atom is 0.175 e. The number of carbonyl (C=O) groups excluding carboxylic acids is 1. The first-order chi connectivity index (χ1) is 14.7. The predicted molar refractivity (Wildman–Crippen MR) is 120 cm³/mol. The quantitative estimate of drug-likeness (QED) is 0.550. The third-order valence-electron chi connectivity index (χ3n) is 6.92. The van der Waals surface area contributed by atoms with Crippen molar-refractivity contribution in [1.82, 2.24) is 0 Å². The molecule has 0 radical (unpaired) electrons. The number of aryl methyl sites for hydroxylation is 1. The summed E-state index contributed by atoms with van der Waals surface area (Å²) in [5.74, 6) is 0.919. The van der Waals surface area contributed by atoms with Crippen LogP contribution < -0.4 is 4.74 Å². The Balaban J connectivity index is 1.80. The van der Waals surface area contributed by atoms with E-state index in [0.717, 1.165) is 52.8 Å². The molecule has 0 unspecified atom stereocenters. The van der Waals surface area contributed by atoms with Crippen LogP contribution in [0.5, 0.6) is 5.75 Å². The van der Waals surface area contributed by atoms with E-state index in [1.807, 2.05) is 18.2 Å². The SMILES string of the molecule is COc1ccc2c(c1)[C@]1(C(=O)C=C2)C(c2ccccc2)=C2CCCc3cccc1c32. The molecule has 3 aromatic rings. The fourth-order valence-electron chi connectivity index (χ4n) is 5.76. The Bertz CT molecular complexity index is 1260. The zero-order chi connectivity index (χ0) is 20.3. The molecular weight excluding hydrogens is 368 g/mol. The lowest BCUT2D eigenvalue weighted by atomic mass is 9.63. The van der Waals surface area contributed by atoms with Gasteiger partial charge in [0.2, 0.25) is 0 Å². The van der Waals surface area contributed by atoms with E-state index < -0.39 is 5.41 Å². The Kier molecular flexibility index (Phi) is 3.67. The van der Waals surface area contributed by atoms with E-state index in [0.29, 0.717) is 0 Å². The van der Waals surface area contributed by atoms with Crippen LogP contribution in [0.3, 0.4) is 0 Å². The number of allylic oxidation sites excluding steroid dienone is 3. The Morgan fingerprint density at radius 2 is 1.73 bits per heavy atom. The number of methoxy groups -OCH3 is 1. The summed E-state index contributed by atoms with van der Waals surface area (Å²) in [6.07, 6.45) is 6.92. The van der Waals surface area contributed by atoms with Crippen molar-refractivity contribution in [2.75, 3.05) is 7.11 Å². The minimum Gasteiger partial charge on any atom is -0.497 e. The van der Waals surface area contributed by atoms with Gasteiger partial charge in [0.15, 0.2) is 5.78 Å². The van der Waals surface area contributed by atoms with Gasteiger partial charge in [-0.2, -0.15) is 0 Å². The van der Waals surface area contributed by atoms with Gasteiger partial charge in [0.05, 0.1) is 7.11 Å². The number of fused-ring (bicyclic) bond motifs is 3. The molecule has 0 bridgehead atoms. The van der Waals surface area contributed by atoms with E-state index in [1.54, 1.807) is 13.2 Å². The lowest BCUT2D eigenvalue weighted by molar-refractivity contribution is -0.116. The van der Waals surface area contributed by atoms with Gasteiger partial charge >= 0.3 is 0 Å². The fourth-order valence-corrected chi connectivity index (χ4v) is 5.76. The summed E-state index contributed by atoms with van der Waals surface area (Å²) in [6.45, 7) is 0. The van der Waals surface area contributed by atoms with E-state index in [4.69, 9.17) is 4.74 Å². The molecule has 3 aliphatic carbocycles. The van der Waals surface area contributed by atoms with Crippen LogP contribution in [0.25, 0.3) is 17.2 Å². The number of ether oxygens (including phenoxy) is 1. The highest BCUT2D eigenvalue weighted by atomic mass is 16.5. The van der Waals surface area contributed by atoms with Gasteiger partial charge in [0, 0.05) is 0 Å². The van der Waals surface area contributed by atoms with Crippen LogP contribution in [0.15, 0.2) is 72.8 Å². The Labute approximate surface area is 176 Å². The van der Waals surface area contributed by atoms with Crippen molar-refractivity contribution in [3.8, 4) is 5.75 Å². The molecule has 1 spiro atoms. The number of ketones is 1. The maximum absolute atomic E-state index is 14.0. The van der Waals surface area contributed by atoms with Crippen molar-refractivity contribution in [2.24, 2.45) is 0 Å². The average molecular weight is 390 g/mol. The minimum atomic E-state index is -0.814. The number of hydrogen-bond donors (Lipinski definition) is 0. The van der Waals surface area contributed by atoms with Gasteiger partial charge < -0.3 is 4.74 Å². The number of hydrogen-bond acceptors (Lipinski definition) is 2. The van der Waals surface area contributed by atoms with E-state index in [2.05, 4.69) is 54.6 Å². The van der Waals surface area contributed by atoms with E-state index in [9.17, 15) is 4.79 Å². The monoisotopic (exact) mass is 390 g/mol. The second-order valence-electron chi connectivity index (χ2n) is 8.31. The summed E-state index contributed by atoms with van der Waals surface area (Å²) in [4.78, 5) is 14.0. The molecule has 30 heavy (non-hydrogen) atoms. The summed E-state index contributed by atoms with van der Waals surface area (Å²) in [7, 11) is 1.68. The van der Waals surface area contributed by atoms with Crippen molar-refractivity contribution in [2.45, 2.75) is 24.7 Å². The van der Waals surface area contributed by atoms with Gasteiger partial charge in [-0.25, -0.2) is 0 Å². The van der Waals surface area contributed by atoms with Crippen LogP contribution in [-0.4, -0.2) is 12.9 Å². The van der Waals surface area contributed by atoms with Gasteiger partial charge in [-0.15, -0.1) is 0 Å². The van der Waals surface area contributed by atoms with Crippen LogP contribution in [0.1, 0.15) is 46.2 Å². The maximum atomic E-state index is 14.0. The second-order valence-corrected chi connectivity index (χ2v) is 8.31. The van der Waals surface area contributed by atoms with Crippen LogP contribution in [0.4, 0.5) is 0 Å². The first-order valence-corrected chi connectivity index (χ1v) is 10.6. The Hall–Kier alpha value is -3.39. The molecule has 0 saturated heterocycles. The third kappa shape index (κ3) is 2.11. The van der Waals surface area contributed by atoms with Crippen LogP contribution >= 0.6 is 0 Å². The molecule has 0 N–H and O–H groups in total. The molecule has 3 aliphatic rings. The molecule has 2 heteroatoms. The lowest BCUT2D eigenvalue weighted by Crippen LogP contribution is -2.38. The van der Waals surface area contributed by atoms with Gasteiger partial charge in [-0.3, -0.25) is 4.79 Å². The standard InChI is InChI=1S/C28H22O2/c1-30-21-15-13-18-14-16-25(29)28(24(18)17-21)23-12-6-10-19-9-5-11-22(26(19)23)27(28)20-7-3-2-4-8-20/h2-4,6-8,10,12-17H,5,9,11H2,1H3/t28-/m1/s1. The molecule has 0 amide bonds. The van der Waals surface area contributed by atoms with E-state index >= 15 is 0 Å². The highest BCUT2D eigenvalue weighted by molar-refractivity contribution is 6.23. The summed E-state index contributed by atoms with van der Waals surface area (Å²) >= 11 is 0. The third-order valence-corrected chi connectivity index (χ3v) is 6.92. The van der Waals surface area contributed by atoms with Gasteiger partial charge in [0.1, 0.15) is 11.2 Å². The molecule has 0 aliphatic heterocycles. The number of carbonyl (C=O) groups is 1. The Morgan fingerprint density at radius 1 is 0.867 bits per heavy atom. The molecule has 3 aromatic carbocycles. The first-order valence-electron chi connectivity index (χ1n) is 10.6. The van der Waals surface area contributed by atoms with Gasteiger partial charge in [-0.05, 0) is 82.0 Å². The van der Waals surface area contributed by atoms with Crippen molar-refractivity contribution >= 4 is 23.0 Å². The van der Waals surface area contributed by atoms with Crippen molar-refractivity contribution < 1.29 is 9.53 Å². The van der Waals surface area contributed by atoms with Crippen LogP contribution in [-0.2, 0) is 16.6 Å². The molecular formula is C28H22O2. The fraction of sp³-hybridized carbons (Fsp3) is 0.179. The Morgan fingerprint density at radius 3 is 2.57 bits per heavy atom.